The van der Waals surface area contributed by atoms with Crippen LogP contribution >= 0.6 is 0 Å². The van der Waals surface area contributed by atoms with E-state index in [1.165, 1.54) is 31.2 Å². The van der Waals surface area contributed by atoms with Crippen molar-refractivity contribution in [3.05, 3.63) is 29.8 Å². The van der Waals surface area contributed by atoms with Gasteiger partial charge in [-0.15, -0.1) is 0 Å². The lowest BCUT2D eigenvalue weighted by molar-refractivity contribution is 0.315. The van der Waals surface area contributed by atoms with Gasteiger partial charge in [0, 0.05) is 12.1 Å². The third kappa shape index (κ3) is 2.64. The van der Waals surface area contributed by atoms with E-state index in [4.69, 9.17) is 4.74 Å². The van der Waals surface area contributed by atoms with Crippen LogP contribution in [-0.2, 0) is 0 Å². The van der Waals surface area contributed by atoms with Gasteiger partial charge in [0.1, 0.15) is 5.75 Å². The maximum absolute atomic E-state index is 5.24. The van der Waals surface area contributed by atoms with Crippen molar-refractivity contribution in [3.63, 3.8) is 0 Å². The van der Waals surface area contributed by atoms with E-state index >= 15 is 0 Å². The molecule has 1 aromatic rings. The lowest BCUT2D eigenvalue weighted by Crippen LogP contribution is -2.36. The number of rotatable bonds is 5. The molecule has 0 spiro atoms. The Hall–Kier alpha value is -1.02. The van der Waals surface area contributed by atoms with Crippen LogP contribution in [0.25, 0.3) is 0 Å². The molecule has 0 saturated heterocycles. The van der Waals surface area contributed by atoms with Gasteiger partial charge in [0.25, 0.3) is 0 Å². The Kier molecular flexibility index (Phi) is 3.79. The summed E-state index contributed by atoms with van der Waals surface area (Å²) in [6.07, 6.45) is 6.94. The molecule has 0 radical (unpaired) electrons. The summed E-state index contributed by atoms with van der Waals surface area (Å²) >= 11 is 0. The van der Waals surface area contributed by atoms with Crippen LogP contribution in [0, 0.1) is 11.8 Å². The molecule has 0 aliphatic heterocycles. The Balaban J connectivity index is 1.66. The Morgan fingerprint density at radius 3 is 2.53 bits per heavy atom. The van der Waals surface area contributed by atoms with E-state index in [0.29, 0.717) is 6.04 Å². The summed E-state index contributed by atoms with van der Waals surface area (Å²) in [5, 5.41) is 3.91. The van der Waals surface area contributed by atoms with Crippen LogP contribution < -0.4 is 10.1 Å². The largest absolute Gasteiger partial charge is 0.497 e. The lowest BCUT2D eigenvalue weighted by atomic mass is 9.93. The molecular formula is C17H25NO. The topological polar surface area (TPSA) is 21.3 Å². The lowest BCUT2D eigenvalue weighted by Gasteiger charge is -2.28. The number of fused-ring (bicyclic) bond motifs is 2. The van der Waals surface area contributed by atoms with E-state index in [0.717, 1.165) is 30.0 Å². The molecule has 2 saturated carbocycles. The van der Waals surface area contributed by atoms with Gasteiger partial charge in [-0.25, -0.2) is 0 Å². The molecule has 104 valence electrons. The third-order valence-corrected chi connectivity index (χ3v) is 5.08. The first-order valence-electron chi connectivity index (χ1n) is 7.70. The monoisotopic (exact) mass is 259 g/mol. The molecule has 2 fully saturated rings. The van der Waals surface area contributed by atoms with Crippen molar-refractivity contribution in [1.29, 1.82) is 0 Å². The van der Waals surface area contributed by atoms with E-state index in [1.807, 2.05) is 0 Å². The summed E-state index contributed by atoms with van der Waals surface area (Å²) in [7, 11) is 1.72. The minimum Gasteiger partial charge on any atom is -0.497 e. The van der Waals surface area contributed by atoms with Crippen molar-refractivity contribution >= 4 is 0 Å². The van der Waals surface area contributed by atoms with Crippen molar-refractivity contribution in [2.24, 2.45) is 11.8 Å². The van der Waals surface area contributed by atoms with Crippen LogP contribution in [0.3, 0.4) is 0 Å². The molecule has 4 unspecified atom stereocenters. The molecule has 2 bridgehead atoms. The van der Waals surface area contributed by atoms with Gasteiger partial charge < -0.3 is 10.1 Å². The number of nitrogens with one attached hydrogen (secondary N) is 1. The third-order valence-electron chi connectivity index (χ3n) is 5.08. The van der Waals surface area contributed by atoms with Crippen molar-refractivity contribution in [1.82, 2.24) is 5.32 Å². The molecule has 1 aromatic carbocycles. The van der Waals surface area contributed by atoms with Gasteiger partial charge in [0.15, 0.2) is 0 Å². The van der Waals surface area contributed by atoms with E-state index in [-0.39, 0.29) is 0 Å². The molecule has 1 N–H and O–H groups in total. The van der Waals surface area contributed by atoms with Crippen LogP contribution in [0.15, 0.2) is 24.3 Å². The molecule has 0 amide bonds. The SMILES string of the molecule is CCC(NC1CC2CCC1C2)c1ccc(OC)cc1. The quantitative estimate of drug-likeness (QED) is 0.865. The van der Waals surface area contributed by atoms with Crippen molar-refractivity contribution in [2.75, 3.05) is 7.11 Å². The second-order valence-corrected chi connectivity index (χ2v) is 6.18. The van der Waals surface area contributed by atoms with Crippen LogP contribution in [0.2, 0.25) is 0 Å². The Labute approximate surface area is 116 Å². The highest BCUT2D eigenvalue weighted by Crippen LogP contribution is 2.45. The molecule has 4 atom stereocenters. The van der Waals surface area contributed by atoms with Gasteiger partial charge in [-0.1, -0.05) is 25.5 Å². The summed E-state index contributed by atoms with van der Waals surface area (Å²) in [5.41, 5.74) is 1.39. The zero-order valence-electron chi connectivity index (χ0n) is 12.1. The molecule has 2 aliphatic rings. The first-order valence-corrected chi connectivity index (χ1v) is 7.70. The highest BCUT2D eigenvalue weighted by atomic mass is 16.5. The second kappa shape index (κ2) is 5.54. The average molecular weight is 259 g/mol. The van der Waals surface area contributed by atoms with Crippen molar-refractivity contribution in [3.8, 4) is 5.75 Å². The van der Waals surface area contributed by atoms with Crippen LogP contribution in [0.1, 0.15) is 50.6 Å². The minimum atomic E-state index is 0.496. The molecule has 19 heavy (non-hydrogen) atoms. The summed E-state index contributed by atoms with van der Waals surface area (Å²) in [6, 6.07) is 9.79. The molecule has 2 aliphatic carbocycles. The molecule has 0 heterocycles. The van der Waals surface area contributed by atoms with Gasteiger partial charge in [-0.2, -0.15) is 0 Å². The first-order chi connectivity index (χ1) is 9.30. The smallest absolute Gasteiger partial charge is 0.118 e. The Bertz CT molecular complexity index is 414. The standard InChI is InChI=1S/C17H25NO/c1-3-16(13-6-8-15(19-2)9-7-13)18-17-11-12-4-5-14(17)10-12/h6-9,12,14,16-18H,3-5,10-11H2,1-2H3. The van der Waals surface area contributed by atoms with Crippen LogP contribution in [0.5, 0.6) is 5.75 Å². The van der Waals surface area contributed by atoms with Gasteiger partial charge in [0.05, 0.1) is 7.11 Å². The Morgan fingerprint density at radius 1 is 1.21 bits per heavy atom. The predicted molar refractivity (Wildman–Crippen MR) is 78.4 cm³/mol. The maximum atomic E-state index is 5.24. The summed E-state index contributed by atoms with van der Waals surface area (Å²) in [4.78, 5) is 0. The molecule has 2 heteroatoms. The van der Waals surface area contributed by atoms with Crippen LogP contribution in [0.4, 0.5) is 0 Å². The minimum absolute atomic E-state index is 0.496. The fourth-order valence-electron chi connectivity index (χ4n) is 3.99. The van der Waals surface area contributed by atoms with Crippen molar-refractivity contribution < 1.29 is 4.74 Å². The fraction of sp³-hybridized carbons (Fsp3) is 0.647. The number of ether oxygens (including phenoxy) is 1. The summed E-state index contributed by atoms with van der Waals surface area (Å²) in [5.74, 6) is 2.90. The van der Waals surface area contributed by atoms with E-state index in [9.17, 15) is 0 Å². The summed E-state index contributed by atoms with van der Waals surface area (Å²) in [6.45, 7) is 2.27. The van der Waals surface area contributed by atoms with E-state index in [1.54, 1.807) is 7.11 Å². The number of hydrogen-bond acceptors (Lipinski definition) is 2. The molecular weight excluding hydrogens is 234 g/mol. The van der Waals surface area contributed by atoms with Gasteiger partial charge in [0.2, 0.25) is 0 Å². The first kappa shape index (κ1) is 13.0. The normalized spacial score (nSPS) is 30.5. The fourth-order valence-corrected chi connectivity index (χ4v) is 3.99. The maximum Gasteiger partial charge on any atom is 0.118 e. The molecule has 2 nitrogen and oxygen atoms in total. The van der Waals surface area contributed by atoms with Gasteiger partial charge in [-0.3, -0.25) is 0 Å². The predicted octanol–water partition coefficient (Wildman–Crippen LogP) is 3.92. The molecule has 0 aromatic heterocycles. The van der Waals surface area contributed by atoms with E-state index < -0.39 is 0 Å². The van der Waals surface area contributed by atoms with Gasteiger partial charge >= 0.3 is 0 Å². The average Bonchev–Trinajstić information content (AvgIpc) is 3.07. The van der Waals surface area contributed by atoms with E-state index in [2.05, 4.69) is 36.5 Å². The highest BCUT2D eigenvalue weighted by molar-refractivity contribution is 5.29. The number of methoxy groups -OCH3 is 1. The number of benzene rings is 1. The Morgan fingerprint density at radius 2 is 2.00 bits per heavy atom. The zero-order chi connectivity index (χ0) is 13.2. The highest BCUT2D eigenvalue weighted by Gasteiger charge is 2.39. The zero-order valence-corrected chi connectivity index (χ0v) is 12.1. The molecule has 3 rings (SSSR count). The van der Waals surface area contributed by atoms with Crippen LogP contribution in [-0.4, -0.2) is 13.2 Å². The summed E-state index contributed by atoms with van der Waals surface area (Å²) < 4.78 is 5.24. The van der Waals surface area contributed by atoms with Crippen molar-refractivity contribution in [2.45, 2.75) is 51.1 Å². The number of hydrogen-bond donors (Lipinski definition) is 1. The second-order valence-electron chi connectivity index (χ2n) is 6.18. The van der Waals surface area contributed by atoms with Gasteiger partial charge in [-0.05, 0) is 55.2 Å².